The van der Waals surface area contributed by atoms with E-state index in [9.17, 15) is 14.7 Å². The van der Waals surface area contributed by atoms with Crippen molar-refractivity contribution in [2.75, 3.05) is 0 Å². The summed E-state index contributed by atoms with van der Waals surface area (Å²) >= 11 is 0. The van der Waals surface area contributed by atoms with E-state index >= 15 is 0 Å². The molecule has 0 saturated carbocycles. The Kier molecular flexibility index (Phi) is 6.33. The first-order valence-corrected chi connectivity index (χ1v) is 8.54. The summed E-state index contributed by atoms with van der Waals surface area (Å²) in [6.45, 7) is 6.49. The maximum atomic E-state index is 12.4. The number of nitrogens with zero attached hydrogens (tertiary/aromatic N) is 2. The first-order valence-electron chi connectivity index (χ1n) is 8.54. The molecule has 2 rings (SSSR count). The molecule has 0 aliphatic rings. The van der Waals surface area contributed by atoms with E-state index in [1.54, 1.807) is 18.2 Å². The molecule has 0 bridgehead atoms. The molecule has 1 atom stereocenters. The van der Waals surface area contributed by atoms with E-state index in [0.717, 1.165) is 29.8 Å². The second kappa shape index (κ2) is 8.46. The summed E-state index contributed by atoms with van der Waals surface area (Å²) < 4.78 is 1.88. The molecule has 1 unspecified atom stereocenters. The Morgan fingerprint density at radius 3 is 2.64 bits per heavy atom. The summed E-state index contributed by atoms with van der Waals surface area (Å²) in [5.41, 5.74) is 3.41. The number of hydrogen-bond donors (Lipinski definition) is 2. The fourth-order valence-electron chi connectivity index (χ4n) is 2.73. The van der Waals surface area contributed by atoms with E-state index in [0.29, 0.717) is 18.5 Å². The lowest BCUT2D eigenvalue weighted by Gasteiger charge is -2.14. The smallest absolute Gasteiger partial charge is 0.326 e. The molecule has 0 fully saturated rings. The molecule has 6 heteroatoms. The Bertz CT molecular complexity index is 752. The Morgan fingerprint density at radius 2 is 2.04 bits per heavy atom. The van der Waals surface area contributed by atoms with Crippen LogP contribution < -0.4 is 5.32 Å². The van der Waals surface area contributed by atoms with E-state index < -0.39 is 12.0 Å². The molecule has 0 radical (unpaired) electrons. The number of hydrogen-bond acceptors (Lipinski definition) is 3. The van der Waals surface area contributed by atoms with Gasteiger partial charge in [0, 0.05) is 11.3 Å². The van der Waals surface area contributed by atoms with Crippen molar-refractivity contribution < 1.29 is 14.7 Å². The van der Waals surface area contributed by atoms with E-state index in [4.69, 9.17) is 0 Å². The molecule has 0 saturated heterocycles. The standard InChI is InChI=1S/C19H25N3O3/c1-4-5-9-17(19(24)25)20-18(23)16-8-6-7-15(11-16)12-22-14(3)10-13(2)21-22/h6-8,10-11,17H,4-5,9,12H2,1-3H3,(H,20,23)(H,24,25). The molecule has 0 aliphatic heterocycles. The highest BCUT2D eigenvalue weighted by Crippen LogP contribution is 2.11. The minimum atomic E-state index is -0.999. The van der Waals surface area contributed by atoms with Crippen molar-refractivity contribution in [2.45, 2.75) is 52.6 Å². The summed E-state index contributed by atoms with van der Waals surface area (Å²) in [4.78, 5) is 23.7. The number of benzene rings is 1. The van der Waals surface area contributed by atoms with Crippen LogP contribution in [0.15, 0.2) is 30.3 Å². The summed E-state index contributed by atoms with van der Waals surface area (Å²) in [6.07, 6.45) is 2.08. The Labute approximate surface area is 147 Å². The minimum Gasteiger partial charge on any atom is -0.480 e. The van der Waals surface area contributed by atoms with E-state index in [2.05, 4.69) is 10.4 Å². The number of carbonyl (C=O) groups is 2. The summed E-state index contributed by atoms with van der Waals surface area (Å²) in [5.74, 6) is -1.36. The first kappa shape index (κ1) is 18.7. The Hall–Kier alpha value is -2.63. The SMILES string of the molecule is CCCCC(NC(=O)c1cccc(Cn2nc(C)cc2C)c1)C(=O)O. The highest BCUT2D eigenvalue weighted by Gasteiger charge is 2.20. The number of nitrogens with one attached hydrogen (secondary N) is 1. The number of carboxylic acids is 1. The minimum absolute atomic E-state index is 0.362. The summed E-state index contributed by atoms with van der Waals surface area (Å²) in [6, 6.07) is 8.36. The Balaban J connectivity index is 2.10. The molecule has 1 aromatic carbocycles. The van der Waals surface area contributed by atoms with Crippen molar-refractivity contribution >= 4 is 11.9 Å². The van der Waals surface area contributed by atoms with Crippen molar-refractivity contribution in [3.63, 3.8) is 0 Å². The summed E-state index contributed by atoms with van der Waals surface area (Å²) in [5, 5.41) is 16.3. The molecule has 1 heterocycles. The Morgan fingerprint density at radius 1 is 1.28 bits per heavy atom. The van der Waals surface area contributed by atoms with Crippen molar-refractivity contribution in [2.24, 2.45) is 0 Å². The van der Waals surface area contributed by atoms with Crippen LogP contribution in [0.2, 0.25) is 0 Å². The van der Waals surface area contributed by atoms with Gasteiger partial charge in [-0.05, 0) is 44.0 Å². The molecule has 134 valence electrons. The van der Waals surface area contributed by atoms with Crippen LogP contribution in [0.3, 0.4) is 0 Å². The third kappa shape index (κ3) is 5.17. The number of carbonyl (C=O) groups excluding carboxylic acids is 1. The lowest BCUT2D eigenvalue weighted by Crippen LogP contribution is -2.40. The number of amides is 1. The van der Waals surface area contributed by atoms with Gasteiger partial charge in [-0.3, -0.25) is 9.48 Å². The van der Waals surface area contributed by atoms with Crippen LogP contribution in [0, 0.1) is 13.8 Å². The van der Waals surface area contributed by atoms with E-state index in [1.807, 2.05) is 37.6 Å². The largest absolute Gasteiger partial charge is 0.480 e. The monoisotopic (exact) mass is 343 g/mol. The molecule has 1 amide bonds. The van der Waals surface area contributed by atoms with Gasteiger partial charge >= 0.3 is 5.97 Å². The molecule has 25 heavy (non-hydrogen) atoms. The van der Waals surface area contributed by atoms with Gasteiger partial charge in [0.1, 0.15) is 6.04 Å². The van der Waals surface area contributed by atoms with Gasteiger partial charge in [-0.15, -0.1) is 0 Å². The van der Waals surface area contributed by atoms with Crippen molar-refractivity contribution in [1.29, 1.82) is 0 Å². The maximum Gasteiger partial charge on any atom is 0.326 e. The quantitative estimate of drug-likeness (QED) is 0.772. The number of unbranched alkanes of at least 4 members (excludes halogenated alkanes) is 1. The maximum absolute atomic E-state index is 12.4. The number of rotatable bonds is 8. The number of carboxylic acid groups (broad SMARTS) is 1. The predicted octanol–water partition coefficient (Wildman–Crippen LogP) is 2.92. The van der Waals surface area contributed by atoms with Crippen LogP contribution in [-0.2, 0) is 11.3 Å². The zero-order chi connectivity index (χ0) is 18.4. The second-order valence-corrected chi connectivity index (χ2v) is 6.29. The molecule has 0 aliphatic carbocycles. The molecule has 6 nitrogen and oxygen atoms in total. The van der Waals surface area contributed by atoms with E-state index in [1.165, 1.54) is 0 Å². The normalized spacial score (nSPS) is 12.0. The van der Waals surface area contributed by atoms with Crippen LogP contribution in [-0.4, -0.2) is 32.8 Å². The zero-order valence-electron chi connectivity index (χ0n) is 15.0. The lowest BCUT2D eigenvalue weighted by molar-refractivity contribution is -0.139. The molecule has 1 aromatic heterocycles. The van der Waals surface area contributed by atoms with Crippen LogP contribution in [0.4, 0.5) is 0 Å². The fraction of sp³-hybridized carbons (Fsp3) is 0.421. The van der Waals surface area contributed by atoms with Gasteiger partial charge in [-0.2, -0.15) is 5.10 Å². The van der Waals surface area contributed by atoms with E-state index in [-0.39, 0.29) is 5.91 Å². The van der Waals surface area contributed by atoms with Gasteiger partial charge in [0.25, 0.3) is 5.91 Å². The molecular weight excluding hydrogens is 318 g/mol. The van der Waals surface area contributed by atoms with Crippen LogP contribution in [0.1, 0.15) is 53.5 Å². The third-order valence-corrected chi connectivity index (χ3v) is 4.07. The second-order valence-electron chi connectivity index (χ2n) is 6.29. The van der Waals surface area contributed by atoms with Gasteiger partial charge in [-0.25, -0.2) is 4.79 Å². The highest BCUT2D eigenvalue weighted by atomic mass is 16.4. The summed E-state index contributed by atoms with van der Waals surface area (Å²) in [7, 11) is 0. The zero-order valence-corrected chi connectivity index (χ0v) is 15.0. The van der Waals surface area contributed by atoms with Crippen molar-refractivity contribution in [1.82, 2.24) is 15.1 Å². The van der Waals surface area contributed by atoms with Crippen LogP contribution in [0.25, 0.3) is 0 Å². The third-order valence-electron chi connectivity index (χ3n) is 4.07. The lowest BCUT2D eigenvalue weighted by atomic mass is 10.1. The van der Waals surface area contributed by atoms with Gasteiger partial charge < -0.3 is 10.4 Å². The van der Waals surface area contributed by atoms with Gasteiger partial charge in [-0.1, -0.05) is 31.9 Å². The predicted molar refractivity (Wildman–Crippen MR) is 95.7 cm³/mol. The molecule has 0 spiro atoms. The fourth-order valence-corrected chi connectivity index (χ4v) is 2.73. The topological polar surface area (TPSA) is 84.2 Å². The average Bonchev–Trinajstić information content (AvgIpc) is 2.88. The number of aryl methyl sites for hydroxylation is 2. The van der Waals surface area contributed by atoms with Crippen molar-refractivity contribution in [3.8, 4) is 0 Å². The number of aliphatic carboxylic acids is 1. The van der Waals surface area contributed by atoms with Gasteiger partial charge in [0.2, 0.25) is 0 Å². The molecule has 2 N–H and O–H groups in total. The highest BCUT2D eigenvalue weighted by molar-refractivity contribution is 5.96. The first-order chi connectivity index (χ1) is 11.9. The average molecular weight is 343 g/mol. The van der Waals surface area contributed by atoms with Crippen LogP contribution in [0.5, 0.6) is 0 Å². The molecule has 2 aromatic rings. The number of aromatic nitrogens is 2. The van der Waals surface area contributed by atoms with Crippen molar-refractivity contribution in [3.05, 3.63) is 52.8 Å². The van der Waals surface area contributed by atoms with Gasteiger partial charge in [0.15, 0.2) is 0 Å². The van der Waals surface area contributed by atoms with Crippen LogP contribution >= 0.6 is 0 Å². The molecular formula is C19H25N3O3. The van der Waals surface area contributed by atoms with Gasteiger partial charge in [0.05, 0.1) is 12.2 Å².